The summed E-state index contributed by atoms with van der Waals surface area (Å²) in [7, 11) is 0. The van der Waals surface area contributed by atoms with Gasteiger partial charge in [-0.25, -0.2) is 13.6 Å². The minimum absolute atomic E-state index is 0.143. The van der Waals surface area contributed by atoms with Crippen molar-refractivity contribution in [2.75, 3.05) is 13.1 Å². The number of carbonyl (C=O) groups excluding carboxylic acids is 1. The second kappa shape index (κ2) is 7.26. The number of halogens is 2. The van der Waals surface area contributed by atoms with Gasteiger partial charge in [-0.15, -0.1) is 0 Å². The van der Waals surface area contributed by atoms with Crippen LogP contribution in [0.1, 0.15) is 43.7 Å². The van der Waals surface area contributed by atoms with Crippen LogP contribution in [0.25, 0.3) is 11.1 Å². The summed E-state index contributed by atoms with van der Waals surface area (Å²) in [5.74, 6) is -2.14. The number of fused-ring (bicyclic) bond motifs is 1. The Morgan fingerprint density at radius 3 is 2.57 bits per heavy atom. The fraction of sp³-hybridized carbons (Fsp3) is 0.400. The highest BCUT2D eigenvalue weighted by Gasteiger charge is 2.30. The molecule has 150 valence electrons. The van der Waals surface area contributed by atoms with E-state index >= 15 is 0 Å². The van der Waals surface area contributed by atoms with E-state index in [0.717, 1.165) is 12.1 Å². The Kier molecular flexibility index (Phi) is 5.14. The van der Waals surface area contributed by atoms with Gasteiger partial charge in [0.1, 0.15) is 5.69 Å². The van der Waals surface area contributed by atoms with Gasteiger partial charge in [0, 0.05) is 30.4 Å². The van der Waals surface area contributed by atoms with Crippen molar-refractivity contribution >= 4 is 12.0 Å². The first-order chi connectivity index (χ1) is 13.1. The van der Waals surface area contributed by atoms with Crippen molar-refractivity contribution in [3.63, 3.8) is 0 Å². The van der Waals surface area contributed by atoms with Crippen molar-refractivity contribution in [2.45, 2.75) is 38.8 Å². The molecule has 1 atom stereocenters. The van der Waals surface area contributed by atoms with Crippen LogP contribution in [0.3, 0.4) is 0 Å². The lowest BCUT2D eigenvalue weighted by Crippen LogP contribution is -2.47. The summed E-state index contributed by atoms with van der Waals surface area (Å²) in [6.07, 6.45) is 1.23. The Balaban J connectivity index is 1.87. The minimum Gasteiger partial charge on any atom is -0.465 e. The zero-order valence-electron chi connectivity index (χ0n) is 16.0. The highest BCUT2D eigenvalue weighted by atomic mass is 19.2. The number of carboxylic acid groups (broad SMARTS) is 1. The summed E-state index contributed by atoms with van der Waals surface area (Å²) < 4.78 is 28.6. The predicted molar refractivity (Wildman–Crippen MR) is 100 cm³/mol. The van der Waals surface area contributed by atoms with Gasteiger partial charge in [0.2, 0.25) is 0 Å². The standard InChI is InChI=1S/C20H23F2N3O3/c1-20(2,3)25(19(27)28)7-6-14-10-23-18(26)17-9-13(11-24(14)17)12-4-5-15(21)16(22)8-12/h4-5,8-9,11,14H,6-7,10H2,1-3H3,(H,23,26)(H,27,28). The van der Waals surface area contributed by atoms with Crippen LogP contribution in [0.5, 0.6) is 0 Å². The van der Waals surface area contributed by atoms with Gasteiger partial charge in [-0.3, -0.25) is 4.79 Å². The first-order valence-corrected chi connectivity index (χ1v) is 9.04. The van der Waals surface area contributed by atoms with E-state index < -0.39 is 23.3 Å². The molecule has 1 aromatic heterocycles. The van der Waals surface area contributed by atoms with Crippen molar-refractivity contribution in [2.24, 2.45) is 0 Å². The maximum atomic E-state index is 13.6. The molecule has 6 nitrogen and oxygen atoms in total. The Labute approximate surface area is 161 Å². The molecule has 0 saturated heterocycles. The summed E-state index contributed by atoms with van der Waals surface area (Å²) in [6, 6.07) is 5.09. The summed E-state index contributed by atoms with van der Waals surface area (Å²) in [5.41, 5.74) is 0.935. The van der Waals surface area contributed by atoms with Crippen molar-refractivity contribution in [1.82, 2.24) is 14.8 Å². The van der Waals surface area contributed by atoms with Crippen molar-refractivity contribution in [3.8, 4) is 11.1 Å². The summed E-state index contributed by atoms with van der Waals surface area (Å²) in [5, 5.41) is 12.3. The molecule has 3 rings (SSSR count). The second-order valence-corrected chi connectivity index (χ2v) is 7.91. The number of hydrogen-bond acceptors (Lipinski definition) is 2. The van der Waals surface area contributed by atoms with Crippen LogP contribution in [-0.2, 0) is 0 Å². The van der Waals surface area contributed by atoms with E-state index in [1.165, 1.54) is 11.0 Å². The molecule has 1 aliphatic heterocycles. The molecule has 8 heteroatoms. The maximum absolute atomic E-state index is 13.6. The zero-order valence-corrected chi connectivity index (χ0v) is 16.0. The Morgan fingerprint density at radius 2 is 1.96 bits per heavy atom. The summed E-state index contributed by atoms with van der Waals surface area (Å²) >= 11 is 0. The first-order valence-electron chi connectivity index (χ1n) is 9.04. The molecular weight excluding hydrogens is 368 g/mol. The average molecular weight is 391 g/mol. The van der Waals surface area contributed by atoms with E-state index in [1.807, 2.05) is 20.8 Å². The zero-order chi connectivity index (χ0) is 20.6. The lowest BCUT2D eigenvalue weighted by atomic mass is 10.0. The molecule has 0 radical (unpaired) electrons. The molecule has 0 bridgehead atoms. The van der Waals surface area contributed by atoms with Crippen LogP contribution in [-0.4, -0.2) is 45.2 Å². The molecule has 0 spiro atoms. The Hall–Kier alpha value is -2.90. The maximum Gasteiger partial charge on any atom is 0.407 e. The van der Waals surface area contributed by atoms with Crippen LogP contribution in [0.2, 0.25) is 0 Å². The average Bonchev–Trinajstić information content (AvgIpc) is 3.04. The number of hydrogen-bond donors (Lipinski definition) is 2. The van der Waals surface area contributed by atoms with Gasteiger partial charge in [-0.2, -0.15) is 0 Å². The van der Waals surface area contributed by atoms with Crippen LogP contribution < -0.4 is 5.32 Å². The monoisotopic (exact) mass is 391 g/mol. The minimum atomic E-state index is -0.998. The second-order valence-electron chi connectivity index (χ2n) is 7.91. The third-order valence-electron chi connectivity index (χ3n) is 4.95. The van der Waals surface area contributed by atoms with Crippen LogP contribution in [0.15, 0.2) is 30.5 Å². The first kappa shape index (κ1) is 19.9. The van der Waals surface area contributed by atoms with Gasteiger partial charge in [0.25, 0.3) is 5.91 Å². The Morgan fingerprint density at radius 1 is 1.25 bits per heavy atom. The quantitative estimate of drug-likeness (QED) is 0.830. The highest BCUT2D eigenvalue weighted by molar-refractivity contribution is 5.95. The third kappa shape index (κ3) is 3.85. The molecule has 1 unspecified atom stereocenters. The number of carbonyl (C=O) groups is 2. The SMILES string of the molecule is CC(C)(C)N(CCC1CNC(=O)c2cc(-c3ccc(F)c(F)c3)cn21)C(=O)O. The Bertz CT molecular complexity index is 918. The summed E-state index contributed by atoms with van der Waals surface area (Å²) in [6.45, 7) is 6.15. The number of amides is 2. The molecule has 2 aromatic rings. The summed E-state index contributed by atoms with van der Waals surface area (Å²) in [4.78, 5) is 25.1. The van der Waals surface area contributed by atoms with Crippen LogP contribution in [0.4, 0.5) is 13.6 Å². The molecule has 1 aromatic carbocycles. The molecule has 28 heavy (non-hydrogen) atoms. The largest absolute Gasteiger partial charge is 0.465 e. The van der Waals surface area contributed by atoms with E-state index in [1.54, 1.807) is 16.8 Å². The van der Waals surface area contributed by atoms with Crippen molar-refractivity contribution < 1.29 is 23.5 Å². The van der Waals surface area contributed by atoms with Gasteiger partial charge in [0.15, 0.2) is 11.6 Å². The van der Waals surface area contributed by atoms with Gasteiger partial charge < -0.3 is 19.9 Å². The van der Waals surface area contributed by atoms with E-state index in [9.17, 15) is 23.5 Å². The van der Waals surface area contributed by atoms with Crippen molar-refractivity contribution in [3.05, 3.63) is 47.8 Å². The lowest BCUT2D eigenvalue weighted by molar-refractivity contribution is 0.0867. The number of nitrogens with one attached hydrogen (secondary N) is 1. The molecule has 0 saturated carbocycles. The van der Waals surface area contributed by atoms with Crippen LogP contribution in [0, 0.1) is 11.6 Å². The van der Waals surface area contributed by atoms with E-state index in [-0.39, 0.29) is 11.9 Å². The molecule has 2 amide bonds. The number of rotatable bonds is 4. The number of aromatic nitrogens is 1. The molecule has 1 aliphatic rings. The van der Waals surface area contributed by atoms with Gasteiger partial charge in [-0.05, 0) is 51.0 Å². The third-order valence-corrected chi connectivity index (χ3v) is 4.95. The van der Waals surface area contributed by atoms with Gasteiger partial charge in [0.05, 0.1) is 6.04 Å². The molecule has 0 aliphatic carbocycles. The van der Waals surface area contributed by atoms with Crippen LogP contribution >= 0.6 is 0 Å². The normalized spacial score (nSPS) is 16.5. The molecule has 2 N–H and O–H groups in total. The fourth-order valence-corrected chi connectivity index (χ4v) is 3.43. The highest BCUT2D eigenvalue weighted by Crippen LogP contribution is 2.29. The van der Waals surface area contributed by atoms with Gasteiger partial charge >= 0.3 is 6.09 Å². The van der Waals surface area contributed by atoms with E-state index in [2.05, 4.69) is 5.32 Å². The van der Waals surface area contributed by atoms with Crippen molar-refractivity contribution in [1.29, 1.82) is 0 Å². The number of benzene rings is 1. The smallest absolute Gasteiger partial charge is 0.407 e. The molecule has 2 heterocycles. The molecular formula is C20H23F2N3O3. The topological polar surface area (TPSA) is 74.6 Å². The van der Waals surface area contributed by atoms with Gasteiger partial charge in [-0.1, -0.05) is 6.07 Å². The van der Waals surface area contributed by atoms with E-state index in [0.29, 0.717) is 36.3 Å². The lowest BCUT2D eigenvalue weighted by Gasteiger charge is -2.35. The number of nitrogens with zero attached hydrogens (tertiary/aromatic N) is 2. The predicted octanol–water partition coefficient (Wildman–Crippen LogP) is 3.89. The fourth-order valence-electron chi connectivity index (χ4n) is 3.43. The van der Waals surface area contributed by atoms with E-state index in [4.69, 9.17) is 0 Å². The molecule has 0 fully saturated rings.